The number of aromatic nitrogens is 1. The Morgan fingerprint density at radius 3 is 1.86 bits per heavy atom. The van der Waals surface area contributed by atoms with Gasteiger partial charge >= 0.3 is 0 Å². The van der Waals surface area contributed by atoms with Crippen molar-refractivity contribution in [1.29, 1.82) is 0 Å². The second-order valence-electron chi connectivity index (χ2n) is 5.83. The Morgan fingerprint density at radius 1 is 0.750 bits per heavy atom. The van der Waals surface area contributed by atoms with Gasteiger partial charge in [0.05, 0.1) is 35.5 Å². The molecule has 0 atom stereocenters. The summed E-state index contributed by atoms with van der Waals surface area (Å²) in [6.45, 7) is 0. The molecule has 1 heterocycles. The quantitative estimate of drug-likeness (QED) is 0.578. The van der Waals surface area contributed by atoms with E-state index in [1.165, 1.54) is 21.3 Å². The van der Waals surface area contributed by atoms with E-state index in [2.05, 4.69) is 4.98 Å². The standard InChI is InChI=1S/C21H21NO6/c1-24-15-8-12-6-7-22-19(14(12)11-16(15)25-2)20(23)13-9-17(26-3)21(28-5)18(10-13)27-4/h6-11H,1-5H3. The van der Waals surface area contributed by atoms with Gasteiger partial charge in [-0.3, -0.25) is 9.78 Å². The lowest BCUT2D eigenvalue weighted by molar-refractivity contribution is 0.103. The average Bonchev–Trinajstić information content (AvgIpc) is 2.75. The highest BCUT2D eigenvalue weighted by atomic mass is 16.5. The summed E-state index contributed by atoms with van der Waals surface area (Å²) < 4.78 is 26.7. The van der Waals surface area contributed by atoms with Crippen LogP contribution in [0.15, 0.2) is 36.5 Å². The minimum absolute atomic E-state index is 0.280. The molecule has 0 aliphatic carbocycles. The fourth-order valence-corrected chi connectivity index (χ4v) is 3.03. The van der Waals surface area contributed by atoms with Crippen molar-refractivity contribution in [3.63, 3.8) is 0 Å². The van der Waals surface area contributed by atoms with E-state index in [0.717, 1.165) is 5.39 Å². The van der Waals surface area contributed by atoms with Gasteiger partial charge in [0.2, 0.25) is 11.5 Å². The maximum absolute atomic E-state index is 13.3. The predicted molar refractivity (Wildman–Crippen MR) is 104 cm³/mol. The predicted octanol–water partition coefficient (Wildman–Crippen LogP) is 3.51. The summed E-state index contributed by atoms with van der Waals surface area (Å²) in [7, 11) is 7.61. The van der Waals surface area contributed by atoms with E-state index in [9.17, 15) is 4.79 Å². The fraction of sp³-hybridized carbons (Fsp3) is 0.238. The van der Waals surface area contributed by atoms with E-state index in [0.29, 0.717) is 39.7 Å². The monoisotopic (exact) mass is 383 g/mol. The first-order valence-electron chi connectivity index (χ1n) is 8.43. The largest absolute Gasteiger partial charge is 0.493 e. The minimum atomic E-state index is -0.280. The highest BCUT2D eigenvalue weighted by Crippen LogP contribution is 2.39. The topological polar surface area (TPSA) is 76.1 Å². The summed E-state index contributed by atoms with van der Waals surface area (Å²) in [4.78, 5) is 17.6. The van der Waals surface area contributed by atoms with Crippen LogP contribution in [0.5, 0.6) is 28.7 Å². The Hall–Kier alpha value is -3.48. The van der Waals surface area contributed by atoms with E-state index in [1.54, 1.807) is 38.6 Å². The summed E-state index contributed by atoms with van der Waals surface area (Å²) in [6.07, 6.45) is 1.58. The Kier molecular flexibility index (Phi) is 5.54. The van der Waals surface area contributed by atoms with E-state index in [-0.39, 0.29) is 11.5 Å². The molecule has 0 saturated carbocycles. The molecule has 7 heteroatoms. The maximum Gasteiger partial charge on any atom is 0.212 e. The smallest absolute Gasteiger partial charge is 0.212 e. The molecular weight excluding hydrogens is 362 g/mol. The van der Waals surface area contributed by atoms with Crippen LogP contribution in [-0.4, -0.2) is 46.3 Å². The number of benzene rings is 2. The number of carbonyl (C=O) groups excluding carboxylic acids is 1. The van der Waals surface area contributed by atoms with Gasteiger partial charge in [-0.15, -0.1) is 0 Å². The zero-order chi connectivity index (χ0) is 20.3. The van der Waals surface area contributed by atoms with Crippen molar-refractivity contribution < 1.29 is 28.5 Å². The molecule has 0 aliphatic heterocycles. The molecule has 7 nitrogen and oxygen atoms in total. The Bertz CT molecular complexity index is 1010. The molecular formula is C21H21NO6. The number of carbonyl (C=O) groups is 1. The normalized spacial score (nSPS) is 10.5. The maximum atomic E-state index is 13.3. The lowest BCUT2D eigenvalue weighted by atomic mass is 10.0. The lowest BCUT2D eigenvalue weighted by Gasteiger charge is -2.14. The van der Waals surface area contributed by atoms with Crippen molar-refractivity contribution in [2.75, 3.05) is 35.5 Å². The molecule has 0 N–H and O–H groups in total. The third-order valence-corrected chi connectivity index (χ3v) is 4.41. The second kappa shape index (κ2) is 8.04. The molecule has 1 aromatic heterocycles. The highest BCUT2D eigenvalue weighted by Gasteiger charge is 2.21. The van der Waals surface area contributed by atoms with Crippen LogP contribution < -0.4 is 23.7 Å². The van der Waals surface area contributed by atoms with Crippen molar-refractivity contribution >= 4 is 16.6 Å². The first-order chi connectivity index (χ1) is 13.6. The number of fused-ring (bicyclic) bond motifs is 1. The summed E-state index contributed by atoms with van der Waals surface area (Å²) in [5, 5.41) is 1.46. The highest BCUT2D eigenvalue weighted by molar-refractivity contribution is 6.15. The Balaban J connectivity index is 2.19. The van der Waals surface area contributed by atoms with Gasteiger partial charge in [0.1, 0.15) is 5.69 Å². The zero-order valence-corrected chi connectivity index (χ0v) is 16.4. The number of hydrogen-bond donors (Lipinski definition) is 0. The van der Waals surface area contributed by atoms with E-state index in [1.807, 2.05) is 12.1 Å². The van der Waals surface area contributed by atoms with Crippen LogP contribution in [-0.2, 0) is 0 Å². The molecule has 0 radical (unpaired) electrons. The summed E-state index contributed by atoms with van der Waals surface area (Å²) >= 11 is 0. The van der Waals surface area contributed by atoms with Gasteiger partial charge in [0.25, 0.3) is 0 Å². The third kappa shape index (κ3) is 3.26. The first kappa shape index (κ1) is 19.3. The van der Waals surface area contributed by atoms with Crippen molar-refractivity contribution in [2.45, 2.75) is 0 Å². The molecule has 0 fully saturated rings. The van der Waals surface area contributed by atoms with Gasteiger partial charge in [0, 0.05) is 17.1 Å². The van der Waals surface area contributed by atoms with Gasteiger partial charge in [-0.2, -0.15) is 0 Å². The molecule has 146 valence electrons. The summed E-state index contributed by atoms with van der Waals surface area (Å²) in [5.41, 5.74) is 0.650. The van der Waals surface area contributed by atoms with Crippen LogP contribution in [0, 0.1) is 0 Å². The second-order valence-corrected chi connectivity index (χ2v) is 5.83. The van der Waals surface area contributed by atoms with Crippen LogP contribution in [0.25, 0.3) is 10.8 Å². The number of rotatable bonds is 7. The Morgan fingerprint density at radius 2 is 1.32 bits per heavy atom. The first-order valence-corrected chi connectivity index (χ1v) is 8.43. The van der Waals surface area contributed by atoms with E-state index >= 15 is 0 Å². The number of hydrogen-bond acceptors (Lipinski definition) is 7. The molecule has 0 aliphatic rings. The number of ketones is 1. The molecule has 0 saturated heterocycles. The summed E-state index contributed by atoms with van der Waals surface area (Å²) in [5.74, 6) is 2.01. The molecule has 0 bridgehead atoms. The zero-order valence-electron chi connectivity index (χ0n) is 16.4. The Labute approximate surface area is 162 Å². The molecule has 0 unspecified atom stereocenters. The van der Waals surface area contributed by atoms with Crippen molar-refractivity contribution in [3.8, 4) is 28.7 Å². The van der Waals surface area contributed by atoms with Crippen molar-refractivity contribution in [3.05, 3.63) is 47.8 Å². The van der Waals surface area contributed by atoms with Crippen LogP contribution in [0.1, 0.15) is 16.1 Å². The molecule has 28 heavy (non-hydrogen) atoms. The van der Waals surface area contributed by atoms with Crippen LogP contribution in [0.3, 0.4) is 0 Å². The molecule has 2 aromatic carbocycles. The van der Waals surface area contributed by atoms with Crippen molar-refractivity contribution in [2.24, 2.45) is 0 Å². The van der Waals surface area contributed by atoms with Crippen LogP contribution in [0.4, 0.5) is 0 Å². The third-order valence-electron chi connectivity index (χ3n) is 4.41. The van der Waals surface area contributed by atoms with Crippen molar-refractivity contribution in [1.82, 2.24) is 4.98 Å². The van der Waals surface area contributed by atoms with Gasteiger partial charge in [-0.1, -0.05) is 0 Å². The van der Waals surface area contributed by atoms with Gasteiger partial charge < -0.3 is 23.7 Å². The number of pyridine rings is 1. The molecule has 3 aromatic rings. The van der Waals surface area contributed by atoms with Crippen LogP contribution >= 0.6 is 0 Å². The SMILES string of the molecule is COc1cc2ccnc(C(=O)c3cc(OC)c(OC)c(OC)c3)c2cc1OC. The van der Waals surface area contributed by atoms with Gasteiger partial charge in [0.15, 0.2) is 23.0 Å². The van der Waals surface area contributed by atoms with E-state index < -0.39 is 0 Å². The number of nitrogens with zero attached hydrogens (tertiary/aromatic N) is 1. The van der Waals surface area contributed by atoms with Gasteiger partial charge in [-0.25, -0.2) is 0 Å². The summed E-state index contributed by atoms with van der Waals surface area (Å²) in [6, 6.07) is 8.56. The number of methoxy groups -OCH3 is 5. The number of ether oxygens (including phenoxy) is 5. The minimum Gasteiger partial charge on any atom is -0.493 e. The van der Waals surface area contributed by atoms with E-state index in [4.69, 9.17) is 23.7 Å². The fourth-order valence-electron chi connectivity index (χ4n) is 3.03. The molecule has 3 rings (SSSR count). The van der Waals surface area contributed by atoms with Crippen LogP contribution in [0.2, 0.25) is 0 Å². The average molecular weight is 383 g/mol. The lowest BCUT2D eigenvalue weighted by Crippen LogP contribution is -2.07. The van der Waals surface area contributed by atoms with Gasteiger partial charge in [-0.05, 0) is 35.7 Å². The molecule has 0 spiro atoms. The molecule has 0 amide bonds.